The molecule has 0 bridgehead atoms. The summed E-state index contributed by atoms with van der Waals surface area (Å²) < 4.78 is 34.8. The van der Waals surface area contributed by atoms with E-state index in [9.17, 15) is 8.78 Å². The van der Waals surface area contributed by atoms with Gasteiger partial charge in [0.05, 0.1) is 0 Å². The third kappa shape index (κ3) is 1.43. The highest BCUT2D eigenvalue weighted by Crippen LogP contribution is 2.38. The van der Waals surface area contributed by atoms with Gasteiger partial charge in [0.2, 0.25) is 0 Å². The quantitative estimate of drug-likeness (QED) is 0.619. The molecule has 2 nitrogen and oxygen atoms in total. The van der Waals surface area contributed by atoms with Crippen LogP contribution in [0.3, 0.4) is 0 Å². The van der Waals surface area contributed by atoms with Gasteiger partial charge in [0.1, 0.15) is 0 Å². The monoisotopic (exact) mass is 186 g/mol. The lowest BCUT2D eigenvalue weighted by atomic mass is 10.2. The zero-order valence-electron chi connectivity index (χ0n) is 7.01. The van der Waals surface area contributed by atoms with E-state index in [-0.39, 0.29) is 5.75 Å². The van der Waals surface area contributed by atoms with Crippen molar-refractivity contribution in [2.75, 3.05) is 6.61 Å². The van der Waals surface area contributed by atoms with Crippen molar-refractivity contribution in [2.24, 2.45) is 0 Å². The van der Waals surface area contributed by atoms with Crippen molar-refractivity contribution in [2.45, 2.75) is 13.0 Å². The second-order valence-electron chi connectivity index (χ2n) is 2.93. The maximum atomic E-state index is 12.7. The Bertz CT molecular complexity index is 336. The van der Waals surface area contributed by atoms with E-state index in [1.807, 2.05) is 0 Å². The van der Waals surface area contributed by atoms with Crippen LogP contribution < -0.4 is 9.47 Å². The van der Waals surface area contributed by atoms with Crippen LogP contribution in [-0.4, -0.2) is 12.7 Å². The summed E-state index contributed by atoms with van der Waals surface area (Å²) in [5, 5.41) is 0. The predicted molar refractivity (Wildman–Crippen MR) is 42.2 cm³/mol. The first-order valence-electron chi connectivity index (χ1n) is 3.88. The number of para-hydroxylation sites is 1. The summed E-state index contributed by atoms with van der Waals surface area (Å²) in [5.41, 5.74) is 0.650. The lowest BCUT2D eigenvalue weighted by molar-refractivity contribution is -0.209. The smallest absolute Gasteiger partial charge is 0.433 e. The Labute approximate surface area is 74.1 Å². The fourth-order valence-corrected chi connectivity index (χ4v) is 1.21. The molecule has 0 saturated carbocycles. The summed E-state index contributed by atoms with van der Waals surface area (Å²) in [6, 6.07) is 5.04. The third-order valence-electron chi connectivity index (χ3n) is 1.82. The van der Waals surface area contributed by atoms with Crippen molar-refractivity contribution in [1.29, 1.82) is 0 Å². The number of fused-ring (bicyclic) bond motifs is 1. The largest absolute Gasteiger partial charge is 0.479 e. The summed E-state index contributed by atoms with van der Waals surface area (Å²) in [5.74, 6) is 0.518. The van der Waals surface area contributed by atoms with E-state index in [0.29, 0.717) is 11.3 Å². The fourth-order valence-electron chi connectivity index (χ4n) is 1.21. The zero-order chi connectivity index (χ0) is 9.47. The molecule has 0 aromatic heterocycles. The van der Waals surface area contributed by atoms with Crippen molar-refractivity contribution in [3.63, 3.8) is 0 Å². The molecule has 0 N–H and O–H groups in total. The lowest BCUT2D eigenvalue weighted by Crippen LogP contribution is -2.36. The van der Waals surface area contributed by atoms with Crippen LogP contribution in [0.4, 0.5) is 8.78 Å². The third-order valence-corrected chi connectivity index (χ3v) is 1.82. The average Bonchev–Trinajstić information content (AvgIpc) is 2.06. The Morgan fingerprint density at radius 2 is 2.15 bits per heavy atom. The molecule has 1 aliphatic heterocycles. The highest BCUT2D eigenvalue weighted by Gasteiger charge is 2.38. The minimum atomic E-state index is -3.21. The van der Waals surface area contributed by atoms with Crippen molar-refractivity contribution >= 4 is 0 Å². The van der Waals surface area contributed by atoms with Crippen LogP contribution in [0.15, 0.2) is 18.2 Å². The van der Waals surface area contributed by atoms with Crippen LogP contribution in [0.5, 0.6) is 11.5 Å². The Morgan fingerprint density at radius 1 is 1.38 bits per heavy atom. The van der Waals surface area contributed by atoms with Crippen LogP contribution in [0, 0.1) is 6.92 Å². The van der Waals surface area contributed by atoms with Crippen molar-refractivity contribution in [3.05, 3.63) is 23.8 Å². The van der Waals surface area contributed by atoms with E-state index in [1.165, 1.54) is 0 Å². The van der Waals surface area contributed by atoms with E-state index in [4.69, 9.17) is 4.74 Å². The number of rotatable bonds is 0. The highest BCUT2D eigenvalue weighted by atomic mass is 19.3. The molecule has 4 heteroatoms. The van der Waals surface area contributed by atoms with Crippen LogP contribution in [0.2, 0.25) is 0 Å². The van der Waals surface area contributed by atoms with Crippen molar-refractivity contribution in [3.8, 4) is 11.5 Å². The minimum Gasteiger partial charge on any atom is -0.479 e. The molecule has 13 heavy (non-hydrogen) atoms. The lowest BCUT2D eigenvalue weighted by Gasteiger charge is -2.26. The van der Waals surface area contributed by atoms with Gasteiger partial charge < -0.3 is 9.47 Å². The molecule has 0 atom stereocenters. The summed E-state index contributed by atoms with van der Waals surface area (Å²) >= 11 is 0. The summed E-state index contributed by atoms with van der Waals surface area (Å²) in [6.45, 7) is 0.979. The van der Waals surface area contributed by atoms with Gasteiger partial charge in [-0.2, -0.15) is 8.78 Å². The molecule has 0 aliphatic carbocycles. The Hall–Kier alpha value is -1.32. The Kier molecular flexibility index (Phi) is 1.65. The van der Waals surface area contributed by atoms with Crippen molar-refractivity contribution in [1.82, 2.24) is 0 Å². The Morgan fingerprint density at radius 3 is 2.92 bits per heavy atom. The molecule has 0 amide bonds. The number of ether oxygens (including phenoxy) is 2. The molecular formula is C9H8F2O2. The van der Waals surface area contributed by atoms with Gasteiger partial charge in [-0.1, -0.05) is 12.1 Å². The fraction of sp³-hybridized carbons (Fsp3) is 0.333. The first kappa shape index (κ1) is 8.29. The van der Waals surface area contributed by atoms with Crippen molar-refractivity contribution < 1.29 is 18.3 Å². The van der Waals surface area contributed by atoms with Gasteiger partial charge in [-0.15, -0.1) is 0 Å². The van der Waals surface area contributed by atoms with Crippen LogP contribution >= 0.6 is 0 Å². The zero-order valence-corrected chi connectivity index (χ0v) is 7.01. The molecule has 70 valence electrons. The first-order valence-corrected chi connectivity index (χ1v) is 3.88. The van der Waals surface area contributed by atoms with E-state index in [2.05, 4.69) is 4.74 Å². The molecule has 2 rings (SSSR count). The van der Waals surface area contributed by atoms with Gasteiger partial charge >= 0.3 is 6.11 Å². The van der Waals surface area contributed by atoms with Crippen LogP contribution in [-0.2, 0) is 0 Å². The van der Waals surface area contributed by atoms with E-state index >= 15 is 0 Å². The molecule has 0 unspecified atom stereocenters. The van der Waals surface area contributed by atoms with E-state index in [1.54, 1.807) is 25.1 Å². The molecule has 1 aromatic rings. The van der Waals surface area contributed by atoms with Gasteiger partial charge in [0, 0.05) is 0 Å². The number of hydrogen-bond donors (Lipinski definition) is 0. The molecule has 0 radical (unpaired) electrons. The number of aryl methyl sites for hydroxylation is 1. The molecule has 1 aromatic carbocycles. The molecule has 0 saturated heterocycles. The molecule has 0 fully saturated rings. The number of hydrogen-bond acceptors (Lipinski definition) is 2. The maximum Gasteiger partial charge on any atom is 0.433 e. The molecule has 1 aliphatic rings. The van der Waals surface area contributed by atoms with Crippen LogP contribution in [0.25, 0.3) is 0 Å². The SMILES string of the molecule is Cc1cccc2c1OC(F)(F)CO2. The molecule has 0 spiro atoms. The average molecular weight is 186 g/mol. The second-order valence-corrected chi connectivity index (χ2v) is 2.93. The molecule has 1 heterocycles. The maximum absolute atomic E-state index is 12.7. The van der Waals surface area contributed by atoms with Gasteiger partial charge in [0.15, 0.2) is 18.1 Å². The van der Waals surface area contributed by atoms with E-state index < -0.39 is 12.7 Å². The molecular weight excluding hydrogens is 178 g/mol. The first-order chi connectivity index (χ1) is 6.08. The van der Waals surface area contributed by atoms with Gasteiger partial charge in [-0.25, -0.2) is 0 Å². The summed E-state index contributed by atoms with van der Waals surface area (Å²) in [4.78, 5) is 0. The minimum absolute atomic E-state index is 0.138. The highest BCUT2D eigenvalue weighted by molar-refractivity contribution is 5.46. The summed E-state index contributed by atoms with van der Waals surface area (Å²) in [6.07, 6.45) is -3.21. The van der Waals surface area contributed by atoms with Gasteiger partial charge in [-0.3, -0.25) is 0 Å². The topological polar surface area (TPSA) is 18.5 Å². The normalized spacial score (nSPS) is 18.4. The van der Waals surface area contributed by atoms with Gasteiger partial charge in [0.25, 0.3) is 0 Å². The number of halogens is 2. The number of alkyl halides is 2. The standard InChI is InChI=1S/C9H8F2O2/c1-6-3-2-4-7-8(6)13-9(10,11)5-12-7/h2-4H,5H2,1H3. The van der Waals surface area contributed by atoms with Crippen LogP contribution in [0.1, 0.15) is 5.56 Å². The summed E-state index contributed by atoms with van der Waals surface area (Å²) in [7, 11) is 0. The number of benzene rings is 1. The second kappa shape index (κ2) is 2.58. The van der Waals surface area contributed by atoms with Gasteiger partial charge in [-0.05, 0) is 18.6 Å². The van der Waals surface area contributed by atoms with E-state index in [0.717, 1.165) is 0 Å². The predicted octanol–water partition coefficient (Wildman–Crippen LogP) is 2.36. The Balaban J connectivity index is 2.44.